The van der Waals surface area contributed by atoms with Crippen molar-refractivity contribution in [3.63, 3.8) is 0 Å². The zero-order chi connectivity index (χ0) is 17.7. The lowest BCUT2D eigenvalue weighted by atomic mass is 10.1. The van der Waals surface area contributed by atoms with Gasteiger partial charge in [0.25, 0.3) is 11.8 Å². The Bertz CT molecular complexity index is 785. The van der Waals surface area contributed by atoms with Gasteiger partial charge in [0.15, 0.2) is 5.82 Å². The number of nitrogens with zero attached hydrogens (tertiary/aromatic N) is 3. The van der Waals surface area contributed by atoms with Gasteiger partial charge >= 0.3 is 0 Å². The molecule has 0 bridgehead atoms. The second-order valence-corrected chi connectivity index (χ2v) is 5.83. The average Bonchev–Trinajstić information content (AvgIpc) is 3.19. The van der Waals surface area contributed by atoms with Gasteiger partial charge in [0.05, 0.1) is 0 Å². The van der Waals surface area contributed by atoms with Crippen molar-refractivity contribution in [2.75, 3.05) is 13.6 Å². The Kier molecular flexibility index (Phi) is 5.63. The molecule has 124 valence electrons. The van der Waals surface area contributed by atoms with Crippen molar-refractivity contribution < 1.29 is 14.7 Å². The van der Waals surface area contributed by atoms with Gasteiger partial charge in [-0.25, -0.2) is 4.98 Å². The third kappa shape index (κ3) is 4.16. The molecule has 2 heterocycles. The molecule has 8 heteroatoms. The van der Waals surface area contributed by atoms with Gasteiger partial charge in [-0.3, -0.25) is 9.59 Å². The van der Waals surface area contributed by atoms with Crippen LogP contribution in [0.3, 0.4) is 0 Å². The van der Waals surface area contributed by atoms with Crippen molar-refractivity contribution in [2.45, 2.75) is 12.5 Å². The van der Waals surface area contributed by atoms with E-state index in [0.717, 1.165) is 22.7 Å². The Balaban J connectivity index is 0.000000219. The fourth-order valence-electron chi connectivity index (χ4n) is 1.99. The monoisotopic (exact) mass is 344 g/mol. The first-order valence-corrected chi connectivity index (χ1v) is 7.83. The van der Waals surface area contributed by atoms with Gasteiger partial charge in [-0.1, -0.05) is 18.1 Å². The van der Waals surface area contributed by atoms with Crippen molar-refractivity contribution in [1.82, 2.24) is 14.3 Å². The van der Waals surface area contributed by atoms with Gasteiger partial charge in [0.1, 0.15) is 6.10 Å². The lowest BCUT2D eigenvalue weighted by Gasteiger charge is -2.04. The smallest absolute Gasteiger partial charge is 0.279 e. The summed E-state index contributed by atoms with van der Waals surface area (Å²) in [5.41, 5.74) is 6.62. The molecule has 0 unspecified atom stereocenters. The predicted octanol–water partition coefficient (Wildman–Crippen LogP) is 0.495. The second-order valence-electron chi connectivity index (χ2n) is 5.08. The molecule has 24 heavy (non-hydrogen) atoms. The fraction of sp³-hybridized carbons (Fsp3) is 0.250. The molecule has 0 spiro atoms. The fourth-order valence-corrected chi connectivity index (χ4v) is 2.53. The van der Waals surface area contributed by atoms with Crippen LogP contribution in [0, 0.1) is 12.3 Å². The molecule has 3 N–H and O–H groups in total. The van der Waals surface area contributed by atoms with E-state index in [0.29, 0.717) is 18.8 Å². The highest BCUT2D eigenvalue weighted by atomic mass is 32.1. The standard InChI is InChI=1S/C11H7N3OS.C5H9NO2/c1-2-7-4-3-5-8(6-7)10-13-11(9(12)15)16-14-10;1-6-3-2-4(7)5(6)8/h1,3-6H,(H2,12,15);4,7H,2-3H2,1H3/t;4-/m.0/s1. The Morgan fingerprint density at radius 2 is 2.29 bits per heavy atom. The van der Waals surface area contributed by atoms with E-state index in [4.69, 9.17) is 17.3 Å². The predicted molar refractivity (Wildman–Crippen MR) is 90.1 cm³/mol. The van der Waals surface area contributed by atoms with Crippen LogP contribution in [-0.2, 0) is 4.79 Å². The van der Waals surface area contributed by atoms with E-state index in [2.05, 4.69) is 15.3 Å². The Morgan fingerprint density at radius 3 is 2.75 bits per heavy atom. The molecule has 2 aromatic rings. The summed E-state index contributed by atoms with van der Waals surface area (Å²) >= 11 is 0.979. The van der Waals surface area contributed by atoms with E-state index >= 15 is 0 Å². The molecular weight excluding hydrogens is 328 g/mol. The number of carbonyl (C=O) groups excluding carboxylic acids is 2. The molecule has 1 aliphatic heterocycles. The van der Waals surface area contributed by atoms with Crippen LogP contribution in [0.2, 0.25) is 0 Å². The van der Waals surface area contributed by atoms with Crippen molar-refractivity contribution in [1.29, 1.82) is 0 Å². The maximum atomic E-state index is 10.9. The number of aromatic nitrogens is 2. The number of likely N-dealkylation sites (N-methyl/N-ethyl adjacent to an activating group) is 1. The Labute approximate surface area is 143 Å². The molecule has 1 fully saturated rings. The van der Waals surface area contributed by atoms with Gasteiger partial charge in [-0.15, -0.1) is 6.42 Å². The number of likely N-dealkylation sites (tertiary alicyclic amines) is 1. The van der Waals surface area contributed by atoms with Crippen molar-refractivity contribution in [3.05, 3.63) is 34.8 Å². The minimum atomic E-state index is -0.722. The first kappa shape index (κ1) is 17.6. The largest absolute Gasteiger partial charge is 0.383 e. The minimum Gasteiger partial charge on any atom is -0.383 e. The number of hydrogen-bond acceptors (Lipinski definition) is 6. The van der Waals surface area contributed by atoms with E-state index in [-0.39, 0.29) is 10.9 Å². The number of nitrogens with two attached hydrogens (primary N) is 1. The highest BCUT2D eigenvalue weighted by Gasteiger charge is 2.25. The number of rotatable bonds is 2. The number of amides is 2. The summed E-state index contributed by atoms with van der Waals surface area (Å²) in [6, 6.07) is 7.24. The number of primary amides is 1. The molecule has 1 aromatic heterocycles. The first-order valence-electron chi connectivity index (χ1n) is 7.06. The number of terminal acetylenes is 1. The van der Waals surface area contributed by atoms with Gasteiger partial charge in [-0.2, -0.15) is 4.37 Å². The number of hydrogen-bond donors (Lipinski definition) is 2. The maximum absolute atomic E-state index is 10.9. The zero-order valence-corrected chi connectivity index (χ0v) is 13.8. The van der Waals surface area contributed by atoms with Gasteiger partial charge in [0, 0.05) is 24.7 Å². The van der Waals surface area contributed by atoms with Crippen LogP contribution in [0.25, 0.3) is 11.4 Å². The van der Waals surface area contributed by atoms with Gasteiger partial charge in [-0.05, 0) is 30.1 Å². The van der Waals surface area contributed by atoms with Crippen LogP contribution in [0.1, 0.15) is 21.8 Å². The number of carbonyl (C=O) groups is 2. The van der Waals surface area contributed by atoms with Crippen LogP contribution < -0.4 is 5.73 Å². The quantitative estimate of drug-likeness (QED) is 0.771. The van der Waals surface area contributed by atoms with E-state index < -0.39 is 12.0 Å². The van der Waals surface area contributed by atoms with Crippen LogP contribution in [0.5, 0.6) is 0 Å². The van der Waals surface area contributed by atoms with Crippen LogP contribution >= 0.6 is 11.5 Å². The molecule has 1 saturated heterocycles. The summed E-state index contributed by atoms with van der Waals surface area (Å²) < 4.78 is 4.04. The topological polar surface area (TPSA) is 109 Å². The molecule has 1 atom stereocenters. The summed E-state index contributed by atoms with van der Waals surface area (Å²) in [6.07, 6.45) is 5.16. The molecule has 0 saturated carbocycles. The van der Waals surface area contributed by atoms with Gasteiger partial charge < -0.3 is 15.7 Å². The summed E-state index contributed by atoms with van der Waals surface area (Å²) in [6.45, 7) is 0.694. The van der Waals surface area contributed by atoms with Gasteiger partial charge in [0.2, 0.25) is 5.01 Å². The summed E-state index contributed by atoms with van der Waals surface area (Å²) in [4.78, 5) is 27.0. The molecular formula is C16H16N4O3S. The van der Waals surface area contributed by atoms with Crippen molar-refractivity contribution in [3.8, 4) is 23.7 Å². The lowest BCUT2D eigenvalue weighted by molar-refractivity contribution is -0.133. The van der Waals surface area contributed by atoms with E-state index in [9.17, 15) is 9.59 Å². The third-order valence-electron chi connectivity index (χ3n) is 3.32. The lowest BCUT2D eigenvalue weighted by Crippen LogP contribution is -2.24. The highest BCUT2D eigenvalue weighted by Crippen LogP contribution is 2.18. The normalized spacial score (nSPS) is 16.3. The van der Waals surface area contributed by atoms with Crippen LogP contribution in [0.15, 0.2) is 24.3 Å². The van der Waals surface area contributed by atoms with E-state index in [1.54, 1.807) is 13.1 Å². The highest BCUT2D eigenvalue weighted by molar-refractivity contribution is 7.07. The first-order chi connectivity index (χ1) is 11.4. The Hall–Kier alpha value is -2.76. The van der Waals surface area contributed by atoms with E-state index in [1.165, 1.54) is 4.90 Å². The average molecular weight is 344 g/mol. The third-order valence-corrected chi connectivity index (χ3v) is 4.05. The Morgan fingerprint density at radius 1 is 1.54 bits per heavy atom. The van der Waals surface area contributed by atoms with Crippen LogP contribution in [-0.4, -0.2) is 50.9 Å². The van der Waals surface area contributed by atoms with Crippen molar-refractivity contribution in [2.24, 2.45) is 5.73 Å². The molecule has 2 amide bonds. The van der Waals surface area contributed by atoms with Crippen LogP contribution in [0.4, 0.5) is 0 Å². The zero-order valence-electron chi connectivity index (χ0n) is 13.0. The molecule has 3 rings (SSSR count). The number of aliphatic hydroxyl groups is 1. The molecule has 7 nitrogen and oxygen atoms in total. The summed E-state index contributed by atoms with van der Waals surface area (Å²) in [7, 11) is 1.69. The minimum absolute atomic E-state index is 0.148. The number of benzene rings is 1. The SMILES string of the molecule is C#Cc1cccc(-c2nsc(C(N)=O)n2)c1.CN1CC[C@H](O)C1=O. The summed E-state index contributed by atoms with van der Waals surface area (Å²) in [5, 5.41) is 8.97. The summed E-state index contributed by atoms with van der Waals surface area (Å²) in [5.74, 6) is 2.27. The number of aliphatic hydroxyl groups excluding tert-OH is 1. The molecule has 1 aromatic carbocycles. The van der Waals surface area contributed by atoms with Crippen molar-refractivity contribution >= 4 is 23.3 Å². The maximum Gasteiger partial charge on any atom is 0.279 e. The molecule has 1 aliphatic rings. The molecule has 0 aliphatic carbocycles. The second kappa shape index (κ2) is 7.68. The van der Waals surface area contributed by atoms with E-state index in [1.807, 2.05) is 18.2 Å². The molecule has 0 radical (unpaired) electrons.